The first kappa shape index (κ1) is 26.9. The van der Waals surface area contributed by atoms with Gasteiger partial charge in [0.1, 0.15) is 28.9 Å². The number of carbonyl (C=O) groups excluding carboxylic acids is 2. The van der Waals surface area contributed by atoms with E-state index in [0.717, 1.165) is 16.9 Å². The van der Waals surface area contributed by atoms with E-state index in [-0.39, 0.29) is 54.4 Å². The molecule has 0 bridgehead atoms. The van der Waals surface area contributed by atoms with E-state index < -0.39 is 17.6 Å². The van der Waals surface area contributed by atoms with Crippen molar-refractivity contribution in [3.8, 4) is 11.5 Å². The van der Waals surface area contributed by atoms with Crippen LogP contribution in [0.15, 0.2) is 54.7 Å². The number of nitrogens with one attached hydrogen (secondary N) is 1. The fraction of sp³-hybridized carbons (Fsp3) is 0.214. The number of pyridine rings is 1. The molecule has 0 aliphatic rings. The van der Waals surface area contributed by atoms with E-state index in [2.05, 4.69) is 10.3 Å². The third-order valence-electron chi connectivity index (χ3n) is 5.68. The molecule has 10 heteroatoms. The van der Waals surface area contributed by atoms with Crippen LogP contribution >= 0.6 is 11.3 Å². The highest BCUT2D eigenvalue weighted by Crippen LogP contribution is 2.35. The van der Waals surface area contributed by atoms with Gasteiger partial charge in [-0.3, -0.25) is 19.4 Å². The number of fused-ring (bicyclic) bond motifs is 1. The number of nitrogens with zero attached hydrogens (tertiary/aromatic N) is 1. The number of carbonyl (C=O) groups is 3. The van der Waals surface area contributed by atoms with Gasteiger partial charge in [-0.2, -0.15) is 0 Å². The van der Waals surface area contributed by atoms with Crippen LogP contribution in [-0.2, 0) is 22.4 Å². The quantitative estimate of drug-likeness (QED) is 0.240. The maximum Gasteiger partial charge on any atom is 0.303 e. The van der Waals surface area contributed by atoms with Crippen LogP contribution in [0.1, 0.15) is 39.2 Å². The number of aliphatic carboxylic acids is 1. The van der Waals surface area contributed by atoms with Crippen molar-refractivity contribution in [3.05, 3.63) is 87.9 Å². The van der Waals surface area contributed by atoms with Crippen LogP contribution in [0.25, 0.3) is 10.2 Å². The molecule has 0 atom stereocenters. The summed E-state index contributed by atoms with van der Waals surface area (Å²) >= 11 is 1.15. The normalized spacial score (nSPS) is 10.9. The highest BCUT2D eigenvalue weighted by molar-refractivity contribution is 7.21. The van der Waals surface area contributed by atoms with E-state index in [1.165, 1.54) is 30.5 Å². The van der Waals surface area contributed by atoms with Gasteiger partial charge in [-0.05, 0) is 42.7 Å². The van der Waals surface area contributed by atoms with Crippen molar-refractivity contribution in [2.45, 2.75) is 32.6 Å². The predicted molar refractivity (Wildman–Crippen MR) is 139 cm³/mol. The number of amides is 1. The molecule has 7 nitrogen and oxygen atoms in total. The van der Waals surface area contributed by atoms with Crippen LogP contribution in [0.5, 0.6) is 11.5 Å². The van der Waals surface area contributed by atoms with E-state index in [0.29, 0.717) is 27.3 Å². The Kier molecular flexibility index (Phi) is 8.42. The van der Waals surface area contributed by atoms with Gasteiger partial charge in [-0.15, -0.1) is 11.3 Å². The van der Waals surface area contributed by atoms with Crippen molar-refractivity contribution in [1.29, 1.82) is 0 Å². The molecular formula is C28H24F2N2O5S. The average Bonchev–Trinajstić information content (AvgIpc) is 3.31. The molecule has 2 N–H and O–H groups in total. The molecule has 0 aliphatic heterocycles. The maximum atomic E-state index is 14.8. The monoisotopic (exact) mass is 538 g/mol. The van der Waals surface area contributed by atoms with E-state index in [1.807, 2.05) is 0 Å². The van der Waals surface area contributed by atoms with Crippen molar-refractivity contribution in [2.75, 3.05) is 6.54 Å². The zero-order valence-corrected chi connectivity index (χ0v) is 21.2. The molecule has 0 unspecified atom stereocenters. The van der Waals surface area contributed by atoms with E-state index in [1.54, 1.807) is 31.2 Å². The summed E-state index contributed by atoms with van der Waals surface area (Å²) in [7, 11) is 0. The van der Waals surface area contributed by atoms with Gasteiger partial charge in [-0.25, -0.2) is 8.78 Å². The second-order valence-electron chi connectivity index (χ2n) is 8.73. The second-order valence-corrected chi connectivity index (χ2v) is 9.78. The summed E-state index contributed by atoms with van der Waals surface area (Å²) in [5, 5.41) is 11.4. The van der Waals surface area contributed by atoms with Gasteiger partial charge >= 0.3 is 5.97 Å². The summed E-state index contributed by atoms with van der Waals surface area (Å²) < 4.78 is 35.2. The SMILES string of the molecule is Cc1ccc(F)c(CC(=O)Cc2ccc(Oc3ccnc4cc(C(=O)NCCCC(=O)O)sc34)cc2F)c1. The zero-order chi connectivity index (χ0) is 27.2. The summed E-state index contributed by atoms with van der Waals surface area (Å²) in [4.78, 5) is 40.1. The fourth-order valence-corrected chi connectivity index (χ4v) is 4.81. The molecule has 38 heavy (non-hydrogen) atoms. The maximum absolute atomic E-state index is 14.8. The van der Waals surface area contributed by atoms with Crippen LogP contribution in [0.3, 0.4) is 0 Å². The van der Waals surface area contributed by atoms with Gasteiger partial charge in [0.2, 0.25) is 0 Å². The molecule has 196 valence electrons. The first-order valence-electron chi connectivity index (χ1n) is 11.8. The van der Waals surface area contributed by atoms with Gasteiger partial charge in [0.25, 0.3) is 5.91 Å². The number of rotatable bonds is 11. The van der Waals surface area contributed by atoms with Crippen LogP contribution in [0.4, 0.5) is 8.78 Å². The van der Waals surface area contributed by atoms with Gasteiger partial charge in [0.05, 0.1) is 15.1 Å². The fourth-order valence-electron chi connectivity index (χ4n) is 3.82. The number of hydrogen-bond donors (Lipinski definition) is 2. The van der Waals surface area contributed by atoms with Gasteiger partial charge in [0, 0.05) is 44.1 Å². The van der Waals surface area contributed by atoms with Crippen molar-refractivity contribution in [2.24, 2.45) is 0 Å². The number of aryl methyl sites for hydroxylation is 1. The lowest BCUT2D eigenvalue weighted by Gasteiger charge is -2.09. The molecule has 0 spiro atoms. The highest BCUT2D eigenvalue weighted by Gasteiger charge is 2.16. The Morgan fingerprint density at radius 3 is 2.55 bits per heavy atom. The third-order valence-corrected chi connectivity index (χ3v) is 6.82. The zero-order valence-electron chi connectivity index (χ0n) is 20.4. The lowest BCUT2D eigenvalue weighted by Crippen LogP contribution is -2.23. The highest BCUT2D eigenvalue weighted by atomic mass is 32.1. The van der Waals surface area contributed by atoms with Gasteiger partial charge < -0.3 is 15.2 Å². The number of carboxylic acids is 1. The molecule has 2 aromatic heterocycles. The standard InChI is InChI=1S/C28H24F2N2O5S/c1-16-4-7-21(29)18(11-16)13-19(33)12-17-5-6-20(14-22(17)30)37-24-8-10-31-23-15-25(38-27(23)24)28(36)32-9-2-3-26(34)35/h4-8,10-11,14-15H,2-3,9,12-13H2,1H3,(H,32,36)(H,34,35). The Bertz CT molecular complexity index is 1520. The Morgan fingerprint density at radius 1 is 1.00 bits per heavy atom. The number of Topliss-reactive ketones (excluding diaryl/α,β-unsaturated/α-hetero) is 1. The Balaban J connectivity index is 1.43. The Morgan fingerprint density at radius 2 is 1.79 bits per heavy atom. The van der Waals surface area contributed by atoms with Crippen molar-refractivity contribution >= 4 is 39.2 Å². The van der Waals surface area contributed by atoms with Crippen molar-refractivity contribution in [1.82, 2.24) is 10.3 Å². The minimum Gasteiger partial charge on any atom is -0.481 e. The summed E-state index contributed by atoms with van der Waals surface area (Å²) in [5.41, 5.74) is 1.81. The number of ether oxygens (including phenoxy) is 1. The van der Waals surface area contributed by atoms with E-state index in [4.69, 9.17) is 9.84 Å². The smallest absolute Gasteiger partial charge is 0.303 e. The number of ketones is 1. The molecule has 0 fully saturated rings. The largest absolute Gasteiger partial charge is 0.481 e. The van der Waals surface area contributed by atoms with Gasteiger partial charge in [0.15, 0.2) is 0 Å². The Labute approximate surface area is 221 Å². The molecule has 2 aromatic carbocycles. The number of hydrogen-bond acceptors (Lipinski definition) is 6. The van der Waals surface area contributed by atoms with Crippen LogP contribution in [-0.4, -0.2) is 34.3 Å². The molecule has 4 aromatic rings. The first-order valence-corrected chi connectivity index (χ1v) is 12.6. The molecule has 1 amide bonds. The average molecular weight is 539 g/mol. The van der Waals surface area contributed by atoms with Gasteiger partial charge in [-0.1, -0.05) is 23.8 Å². The molecule has 0 radical (unpaired) electrons. The molecule has 2 heterocycles. The number of aromatic nitrogens is 1. The number of thiophene rings is 1. The predicted octanol–water partition coefficient (Wildman–Crippen LogP) is 5.62. The topological polar surface area (TPSA) is 106 Å². The third kappa shape index (κ3) is 6.77. The number of halogens is 2. The molecule has 4 rings (SSSR count). The van der Waals surface area contributed by atoms with E-state index in [9.17, 15) is 23.2 Å². The lowest BCUT2D eigenvalue weighted by atomic mass is 10.0. The van der Waals surface area contributed by atoms with Crippen LogP contribution in [0.2, 0.25) is 0 Å². The summed E-state index contributed by atoms with van der Waals surface area (Å²) in [5.74, 6) is -2.11. The van der Waals surface area contributed by atoms with Crippen molar-refractivity contribution < 1.29 is 33.0 Å². The van der Waals surface area contributed by atoms with Crippen LogP contribution < -0.4 is 10.1 Å². The summed E-state index contributed by atoms with van der Waals surface area (Å²) in [6, 6.07) is 11.9. The lowest BCUT2D eigenvalue weighted by molar-refractivity contribution is -0.137. The molecule has 0 aliphatic carbocycles. The minimum atomic E-state index is -0.930. The molecule has 0 saturated carbocycles. The molecular weight excluding hydrogens is 514 g/mol. The number of benzene rings is 2. The van der Waals surface area contributed by atoms with Crippen LogP contribution in [0, 0.1) is 18.6 Å². The Hall–Kier alpha value is -4.18. The minimum absolute atomic E-state index is 0.0407. The van der Waals surface area contributed by atoms with E-state index >= 15 is 0 Å². The summed E-state index contributed by atoms with van der Waals surface area (Å²) in [6.07, 6.45) is 1.46. The first-order chi connectivity index (χ1) is 18.2. The number of carboxylic acid groups (broad SMARTS) is 1. The summed E-state index contributed by atoms with van der Waals surface area (Å²) in [6.45, 7) is 2.03. The van der Waals surface area contributed by atoms with Crippen molar-refractivity contribution in [3.63, 3.8) is 0 Å². The molecule has 0 saturated heterocycles. The second kappa shape index (κ2) is 11.9.